The molecule has 3 heterocycles. The zero-order valence-corrected chi connectivity index (χ0v) is 15.2. The Hall–Kier alpha value is -1.44. The fourth-order valence-electron chi connectivity index (χ4n) is 3.67. The van der Waals surface area contributed by atoms with Gasteiger partial charge in [0.2, 0.25) is 5.91 Å². The van der Waals surface area contributed by atoms with Crippen molar-refractivity contribution >= 4 is 5.91 Å². The molecule has 134 valence electrons. The molecule has 24 heavy (non-hydrogen) atoms. The lowest BCUT2D eigenvalue weighted by Crippen LogP contribution is -2.50. The molecule has 2 aliphatic heterocycles. The van der Waals surface area contributed by atoms with Gasteiger partial charge in [0.25, 0.3) is 0 Å². The molecule has 2 saturated heterocycles. The molecule has 2 aliphatic rings. The van der Waals surface area contributed by atoms with Crippen LogP contribution >= 0.6 is 0 Å². The van der Waals surface area contributed by atoms with Gasteiger partial charge in [-0.15, -0.1) is 0 Å². The number of rotatable bonds is 4. The number of aryl methyl sites for hydroxylation is 2. The Morgan fingerprint density at radius 2 is 1.96 bits per heavy atom. The number of amides is 1. The van der Waals surface area contributed by atoms with Crippen LogP contribution in [0.2, 0.25) is 0 Å². The van der Waals surface area contributed by atoms with Gasteiger partial charge in [-0.25, -0.2) is 0 Å². The minimum Gasteiger partial charge on any atom is -0.372 e. The number of piperazine rings is 1. The highest BCUT2D eigenvalue weighted by Crippen LogP contribution is 2.33. The van der Waals surface area contributed by atoms with E-state index in [4.69, 9.17) is 4.74 Å². The molecule has 0 bridgehead atoms. The fraction of sp³-hybridized carbons (Fsp3) is 0.765. The van der Waals surface area contributed by atoms with Gasteiger partial charge in [0.05, 0.1) is 12.2 Å². The average molecular weight is 335 g/mol. The first-order chi connectivity index (χ1) is 11.5. The second kappa shape index (κ2) is 7.21. The van der Waals surface area contributed by atoms with Gasteiger partial charge in [-0.3, -0.25) is 9.48 Å². The van der Waals surface area contributed by atoms with Crippen molar-refractivity contribution in [2.24, 2.45) is 7.05 Å². The SMILES string of the molecule is Cc1nn(C)c(C)c1[C@H]1OCC[C@@H]1NCC(=O)N1CCN(C)CC1. The molecule has 3 rings (SSSR count). The molecule has 1 aromatic heterocycles. The maximum Gasteiger partial charge on any atom is 0.236 e. The smallest absolute Gasteiger partial charge is 0.236 e. The van der Waals surface area contributed by atoms with Crippen molar-refractivity contribution < 1.29 is 9.53 Å². The zero-order chi connectivity index (χ0) is 17.3. The van der Waals surface area contributed by atoms with Crippen LogP contribution in [0.3, 0.4) is 0 Å². The van der Waals surface area contributed by atoms with Crippen molar-refractivity contribution in [1.82, 2.24) is 24.9 Å². The van der Waals surface area contributed by atoms with Crippen molar-refractivity contribution in [1.29, 1.82) is 0 Å². The second-order valence-corrected chi connectivity index (χ2v) is 6.96. The number of hydrogen-bond acceptors (Lipinski definition) is 5. The van der Waals surface area contributed by atoms with Gasteiger partial charge in [-0.05, 0) is 27.3 Å². The van der Waals surface area contributed by atoms with Crippen molar-refractivity contribution in [2.75, 3.05) is 46.4 Å². The van der Waals surface area contributed by atoms with E-state index in [1.54, 1.807) is 0 Å². The van der Waals surface area contributed by atoms with Gasteiger partial charge >= 0.3 is 0 Å². The molecule has 0 unspecified atom stereocenters. The van der Waals surface area contributed by atoms with Crippen LogP contribution in [0.15, 0.2) is 0 Å². The van der Waals surface area contributed by atoms with Crippen LogP contribution in [0.4, 0.5) is 0 Å². The third kappa shape index (κ3) is 3.48. The standard InChI is InChI=1S/C17H29N5O2/c1-12-16(13(2)21(4)19-12)17-14(5-10-24-17)18-11-15(23)22-8-6-20(3)7-9-22/h14,17-18H,5-11H2,1-4H3/t14-,17-/m0/s1. The van der Waals surface area contributed by atoms with Crippen LogP contribution in [0.25, 0.3) is 0 Å². The van der Waals surface area contributed by atoms with Gasteiger partial charge < -0.3 is 19.9 Å². The number of hydrogen-bond donors (Lipinski definition) is 1. The Bertz CT molecular complexity index is 592. The number of ether oxygens (including phenoxy) is 1. The lowest BCUT2D eigenvalue weighted by molar-refractivity contribution is -0.132. The van der Waals surface area contributed by atoms with E-state index in [9.17, 15) is 4.79 Å². The van der Waals surface area contributed by atoms with E-state index in [1.165, 1.54) is 5.56 Å². The summed E-state index contributed by atoms with van der Waals surface area (Å²) in [7, 11) is 4.05. The topological polar surface area (TPSA) is 62.6 Å². The molecular formula is C17H29N5O2. The predicted molar refractivity (Wildman–Crippen MR) is 91.9 cm³/mol. The Kier molecular flexibility index (Phi) is 5.22. The molecule has 1 aromatic rings. The van der Waals surface area contributed by atoms with Gasteiger partial charge in [0, 0.05) is 57.1 Å². The number of nitrogens with one attached hydrogen (secondary N) is 1. The van der Waals surface area contributed by atoms with Crippen LogP contribution in [0.1, 0.15) is 29.5 Å². The van der Waals surface area contributed by atoms with Crippen LogP contribution in [0, 0.1) is 13.8 Å². The van der Waals surface area contributed by atoms with Crippen LogP contribution in [0.5, 0.6) is 0 Å². The number of carbonyl (C=O) groups excluding carboxylic acids is 1. The molecule has 7 nitrogen and oxygen atoms in total. The first kappa shape index (κ1) is 17.4. The Balaban J connectivity index is 1.59. The van der Waals surface area contributed by atoms with Gasteiger partial charge in [0.15, 0.2) is 0 Å². The second-order valence-electron chi connectivity index (χ2n) is 6.96. The highest BCUT2D eigenvalue weighted by molar-refractivity contribution is 5.78. The lowest BCUT2D eigenvalue weighted by atomic mass is 10.0. The number of nitrogens with zero attached hydrogens (tertiary/aromatic N) is 4. The summed E-state index contributed by atoms with van der Waals surface area (Å²) in [5.41, 5.74) is 3.32. The van der Waals surface area contributed by atoms with Crippen molar-refractivity contribution in [3.05, 3.63) is 17.0 Å². The summed E-state index contributed by atoms with van der Waals surface area (Å²) >= 11 is 0. The van der Waals surface area contributed by atoms with Crippen molar-refractivity contribution in [3.8, 4) is 0 Å². The summed E-state index contributed by atoms with van der Waals surface area (Å²) in [6.07, 6.45) is 0.910. The Morgan fingerprint density at radius 1 is 1.25 bits per heavy atom. The van der Waals surface area contributed by atoms with E-state index in [1.807, 2.05) is 23.6 Å². The summed E-state index contributed by atoms with van der Waals surface area (Å²) in [5.74, 6) is 0.188. The van der Waals surface area contributed by atoms with Gasteiger partial charge in [-0.2, -0.15) is 5.10 Å². The van der Waals surface area contributed by atoms with Gasteiger partial charge in [0.1, 0.15) is 6.10 Å². The summed E-state index contributed by atoms with van der Waals surface area (Å²) in [6.45, 7) is 8.75. The van der Waals surface area contributed by atoms with E-state index in [0.717, 1.165) is 50.6 Å². The highest BCUT2D eigenvalue weighted by Gasteiger charge is 2.34. The minimum atomic E-state index is -0.0148. The highest BCUT2D eigenvalue weighted by atomic mass is 16.5. The van der Waals surface area contributed by atoms with Crippen LogP contribution in [-0.4, -0.2) is 77.9 Å². The largest absolute Gasteiger partial charge is 0.372 e. The van der Waals surface area contributed by atoms with E-state index < -0.39 is 0 Å². The predicted octanol–water partition coefficient (Wildman–Crippen LogP) is 0.231. The molecule has 0 aromatic carbocycles. The summed E-state index contributed by atoms with van der Waals surface area (Å²) in [5, 5.41) is 7.93. The summed E-state index contributed by atoms with van der Waals surface area (Å²) in [6, 6.07) is 0.169. The summed E-state index contributed by atoms with van der Waals surface area (Å²) in [4.78, 5) is 16.6. The lowest BCUT2D eigenvalue weighted by Gasteiger charge is -2.33. The van der Waals surface area contributed by atoms with E-state index in [2.05, 4.69) is 29.3 Å². The Morgan fingerprint density at radius 3 is 2.58 bits per heavy atom. The number of likely N-dealkylation sites (N-methyl/N-ethyl adjacent to an activating group) is 1. The summed E-state index contributed by atoms with van der Waals surface area (Å²) < 4.78 is 7.87. The van der Waals surface area contributed by atoms with E-state index >= 15 is 0 Å². The third-order valence-corrected chi connectivity index (χ3v) is 5.31. The van der Waals surface area contributed by atoms with E-state index in [-0.39, 0.29) is 18.1 Å². The first-order valence-electron chi connectivity index (χ1n) is 8.78. The zero-order valence-electron chi connectivity index (χ0n) is 15.2. The maximum absolute atomic E-state index is 12.4. The normalized spacial score (nSPS) is 25.4. The first-order valence-corrected chi connectivity index (χ1v) is 8.78. The van der Waals surface area contributed by atoms with E-state index in [0.29, 0.717) is 6.54 Å². The average Bonchev–Trinajstić information content (AvgIpc) is 3.10. The minimum absolute atomic E-state index is 0.0148. The molecule has 2 fully saturated rings. The van der Waals surface area contributed by atoms with Gasteiger partial charge in [-0.1, -0.05) is 0 Å². The van der Waals surface area contributed by atoms with Crippen LogP contribution in [-0.2, 0) is 16.6 Å². The monoisotopic (exact) mass is 335 g/mol. The third-order valence-electron chi connectivity index (χ3n) is 5.31. The molecule has 2 atom stereocenters. The molecule has 0 spiro atoms. The Labute approximate surface area is 143 Å². The molecule has 1 N–H and O–H groups in total. The molecular weight excluding hydrogens is 306 g/mol. The number of aromatic nitrogens is 2. The molecule has 1 amide bonds. The number of carbonyl (C=O) groups is 1. The van der Waals surface area contributed by atoms with Crippen molar-refractivity contribution in [3.63, 3.8) is 0 Å². The fourth-order valence-corrected chi connectivity index (χ4v) is 3.67. The molecule has 0 aliphatic carbocycles. The quantitative estimate of drug-likeness (QED) is 0.853. The van der Waals surface area contributed by atoms with Crippen LogP contribution < -0.4 is 5.32 Å². The molecule has 0 saturated carbocycles. The maximum atomic E-state index is 12.4. The molecule has 0 radical (unpaired) electrons. The molecule has 7 heteroatoms. The van der Waals surface area contributed by atoms with Crippen molar-refractivity contribution in [2.45, 2.75) is 32.4 Å².